The van der Waals surface area contributed by atoms with Crippen LogP contribution in [0.25, 0.3) is 11.3 Å². The Balaban J connectivity index is 1.35. The molecule has 2 aromatic heterocycles. The molecule has 3 heterocycles. The van der Waals surface area contributed by atoms with Gasteiger partial charge in [-0.05, 0) is 82.0 Å². The number of anilines is 1. The van der Waals surface area contributed by atoms with E-state index in [1.54, 1.807) is 13.3 Å². The number of ether oxygens (including phenoxy) is 2. The van der Waals surface area contributed by atoms with E-state index in [-0.39, 0.29) is 0 Å². The maximum atomic E-state index is 6.57. The van der Waals surface area contributed by atoms with Gasteiger partial charge in [-0.3, -0.25) is 4.98 Å². The molecule has 0 radical (unpaired) electrons. The molecule has 34 heavy (non-hydrogen) atoms. The number of rotatable bonds is 10. The lowest BCUT2D eigenvalue weighted by Crippen LogP contribution is -2.37. The quantitative estimate of drug-likeness (QED) is 0.490. The summed E-state index contributed by atoms with van der Waals surface area (Å²) in [6.45, 7) is 4.46. The van der Waals surface area contributed by atoms with Crippen LogP contribution >= 0.6 is 11.6 Å². The number of aromatic nitrogens is 2. The van der Waals surface area contributed by atoms with Gasteiger partial charge in [-0.25, -0.2) is 4.98 Å². The normalized spacial score (nSPS) is 21.6. The van der Waals surface area contributed by atoms with Crippen molar-refractivity contribution in [2.75, 3.05) is 52.4 Å². The zero-order valence-corrected chi connectivity index (χ0v) is 21.4. The fourth-order valence-corrected chi connectivity index (χ4v) is 5.38. The highest BCUT2D eigenvalue weighted by Crippen LogP contribution is 2.32. The standard InChI is InChI=1S/C27H39ClN4O2/c1-32(12-15-33-2)23-8-6-20(7-9-23)16-22-17-24(25(28)19-29-22)26-4-3-5-27(31-26)30-18-21-10-13-34-14-11-21/h3-5,17,19-21,23H,6-16,18H2,1-2H3,(H,30,31). The van der Waals surface area contributed by atoms with Crippen LogP contribution in [0.3, 0.4) is 0 Å². The van der Waals surface area contributed by atoms with Gasteiger partial charge in [-0.2, -0.15) is 0 Å². The lowest BCUT2D eigenvalue weighted by molar-refractivity contribution is 0.0699. The maximum Gasteiger partial charge on any atom is 0.126 e. The molecule has 186 valence electrons. The van der Waals surface area contributed by atoms with Crippen molar-refractivity contribution in [1.82, 2.24) is 14.9 Å². The van der Waals surface area contributed by atoms with Crippen molar-refractivity contribution in [1.29, 1.82) is 0 Å². The third kappa shape index (κ3) is 7.14. The molecule has 7 heteroatoms. The van der Waals surface area contributed by atoms with Crippen molar-refractivity contribution >= 4 is 17.4 Å². The SMILES string of the molecule is COCCN(C)C1CCC(Cc2cc(-c3cccc(NCC4CCOCC4)n3)c(Cl)cn2)CC1. The molecule has 0 spiro atoms. The van der Waals surface area contributed by atoms with Crippen molar-refractivity contribution in [2.45, 2.75) is 51.0 Å². The summed E-state index contributed by atoms with van der Waals surface area (Å²) in [4.78, 5) is 12.0. The van der Waals surface area contributed by atoms with Gasteiger partial charge < -0.3 is 19.7 Å². The van der Waals surface area contributed by atoms with Crippen molar-refractivity contribution in [3.63, 3.8) is 0 Å². The molecular weight excluding hydrogens is 448 g/mol. The Kier molecular flexibility index (Phi) is 9.57. The van der Waals surface area contributed by atoms with E-state index in [9.17, 15) is 0 Å². The Hall–Kier alpha value is -1.73. The van der Waals surface area contributed by atoms with Gasteiger partial charge in [-0.15, -0.1) is 0 Å². The topological polar surface area (TPSA) is 59.5 Å². The molecule has 0 unspecified atom stereocenters. The van der Waals surface area contributed by atoms with Crippen LogP contribution < -0.4 is 5.32 Å². The van der Waals surface area contributed by atoms with E-state index < -0.39 is 0 Å². The maximum absolute atomic E-state index is 6.57. The van der Waals surface area contributed by atoms with Gasteiger partial charge in [0.1, 0.15) is 5.82 Å². The summed E-state index contributed by atoms with van der Waals surface area (Å²) in [7, 11) is 3.99. The minimum Gasteiger partial charge on any atom is -0.383 e. The van der Waals surface area contributed by atoms with Crippen LogP contribution in [-0.4, -0.2) is 68.0 Å². The Labute approximate surface area is 209 Å². The predicted molar refractivity (Wildman–Crippen MR) is 138 cm³/mol. The molecule has 1 aliphatic heterocycles. The van der Waals surface area contributed by atoms with E-state index in [1.165, 1.54) is 25.7 Å². The van der Waals surface area contributed by atoms with Gasteiger partial charge in [0.05, 0.1) is 17.3 Å². The molecule has 4 rings (SSSR count). The van der Waals surface area contributed by atoms with E-state index in [4.69, 9.17) is 26.1 Å². The Bertz CT molecular complexity index is 898. The summed E-state index contributed by atoms with van der Waals surface area (Å²) in [6.07, 6.45) is 9.98. The van der Waals surface area contributed by atoms with Crippen LogP contribution in [0.4, 0.5) is 5.82 Å². The molecule has 1 saturated carbocycles. The van der Waals surface area contributed by atoms with Crippen LogP contribution in [0.5, 0.6) is 0 Å². The molecule has 0 amide bonds. The molecule has 0 aromatic carbocycles. The molecule has 1 saturated heterocycles. The Morgan fingerprint density at radius 1 is 1.12 bits per heavy atom. The monoisotopic (exact) mass is 486 g/mol. The number of hydrogen-bond acceptors (Lipinski definition) is 6. The molecular formula is C27H39ClN4O2. The summed E-state index contributed by atoms with van der Waals surface area (Å²) in [6, 6.07) is 8.92. The zero-order valence-electron chi connectivity index (χ0n) is 20.6. The molecule has 6 nitrogen and oxygen atoms in total. The Morgan fingerprint density at radius 3 is 2.68 bits per heavy atom. The first-order valence-corrected chi connectivity index (χ1v) is 13.1. The first-order valence-electron chi connectivity index (χ1n) is 12.7. The summed E-state index contributed by atoms with van der Waals surface area (Å²) in [5, 5.41) is 4.17. The van der Waals surface area contributed by atoms with Crippen LogP contribution in [0.2, 0.25) is 5.02 Å². The van der Waals surface area contributed by atoms with Crippen LogP contribution in [-0.2, 0) is 15.9 Å². The van der Waals surface area contributed by atoms with Gasteiger partial charge in [0.15, 0.2) is 0 Å². The number of hydrogen-bond donors (Lipinski definition) is 1. The van der Waals surface area contributed by atoms with Gasteiger partial charge >= 0.3 is 0 Å². The van der Waals surface area contributed by atoms with Gasteiger partial charge in [0, 0.05) is 56.9 Å². The highest BCUT2D eigenvalue weighted by atomic mass is 35.5. The predicted octanol–water partition coefficient (Wildman–Crippen LogP) is 5.32. The number of likely N-dealkylation sites (N-methyl/N-ethyl adjacent to an activating group) is 1. The van der Waals surface area contributed by atoms with Crippen molar-refractivity contribution in [3.05, 3.63) is 41.2 Å². The van der Waals surface area contributed by atoms with E-state index in [2.05, 4.69) is 28.3 Å². The van der Waals surface area contributed by atoms with Crippen molar-refractivity contribution in [3.8, 4) is 11.3 Å². The van der Waals surface area contributed by atoms with Gasteiger partial charge in [0.2, 0.25) is 0 Å². The third-order valence-electron chi connectivity index (χ3n) is 7.44. The van der Waals surface area contributed by atoms with Crippen LogP contribution in [0.15, 0.2) is 30.5 Å². The second kappa shape index (κ2) is 12.8. The fourth-order valence-electron chi connectivity index (χ4n) is 5.18. The average molecular weight is 487 g/mol. The van der Waals surface area contributed by atoms with E-state index in [1.807, 2.05) is 18.2 Å². The number of nitrogens with zero attached hydrogens (tertiary/aromatic N) is 3. The molecule has 2 aliphatic rings. The number of nitrogens with one attached hydrogen (secondary N) is 1. The lowest BCUT2D eigenvalue weighted by atomic mass is 9.82. The molecule has 0 bridgehead atoms. The third-order valence-corrected chi connectivity index (χ3v) is 7.74. The fraction of sp³-hybridized carbons (Fsp3) is 0.630. The zero-order chi connectivity index (χ0) is 23.8. The minimum atomic E-state index is 0.644. The molecule has 0 atom stereocenters. The largest absolute Gasteiger partial charge is 0.383 e. The van der Waals surface area contributed by atoms with E-state index in [0.29, 0.717) is 22.9 Å². The van der Waals surface area contributed by atoms with E-state index in [0.717, 1.165) is 74.9 Å². The van der Waals surface area contributed by atoms with Gasteiger partial charge in [-0.1, -0.05) is 17.7 Å². The second-order valence-electron chi connectivity index (χ2n) is 9.85. The smallest absolute Gasteiger partial charge is 0.126 e. The molecule has 2 fully saturated rings. The van der Waals surface area contributed by atoms with Gasteiger partial charge in [0.25, 0.3) is 0 Å². The number of pyridine rings is 2. The first-order chi connectivity index (χ1) is 16.6. The highest BCUT2D eigenvalue weighted by Gasteiger charge is 2.24. The lowest BCUT2D eigenvalue weighted by Gasteiger charge is -2.34. The molecule has 1 N–H and O–H groups in total. The van der Waals surface area contributed by atoms with E-state index >= 15 is 0 Å². The molecule has 2 aromatic rings. The second-order valence-corrected chi connectivity index (χ2v) is 10.3. The minimum absolute atomic E-state index is 0.644. The average Bonchev–Trinajstić information content (AvgIpc) is 2.88. The number of halogens is 1. The first kappa shape index (κ1) is 25.4. The summed E-state index contributed by atoms with van der Waals surface area (Å²) >= 11 is 6.57. The summed E-state index contributed by atoms with van der Waals surface area (Å²) in [5.41, 5.74) is 2.97. The molecule has 1 aliphatic carbocycles. The summed E-state index contributed by atoms with van der Waals surface area (Å²) in [5.74, 6) is 2.22. The highest BCUT2D eigenvalue weighted by molar-refractivity contribution is 6.33. The van der Waals surface area contributed by atoms with Crippen LogP contribution in [0.1, 0.15) is 44.2 Å². The number of methoxy groups -OCH3 is 1. The summed E-state index contributed by atoms with van der Waals surface area (Å²) < 4.78 is 10.7. The van der Waals surface area contributed by atoms with Crippen LogP contribution in [0, 0.1) is 11.8 Å². The Morgan fingerprint density at radius 2 is 1.91 bits per heavy atom. The van der Waals surface area contributed by atoms with Crippen molar-refractivity contribution < 1.29 is 9.47 Å². The van der Waals surface area contributed by atoms with Crippen molar-refractivity contribution in [2.24, 2.45) is 11.8 Å².